The van der Waals surface area contributed by atoms with E-state index in [1.54, 1.807) is 59.1 Å². The van der Waals surface area contributed by atoms with Gasteiger partial charge in [0.25, 0.3) is 5.91 Å². The molecule has 3 aromatic heterocycles. The Morgan fingerprint density at radius 2 is 1.35 bits per heavy atom. The molecule has 9 rings (SSSR count). The number of anilines is 3. The Bertz CT molecular complexity index is 3100. The molecule has 0 saturated carbocycles. The van der Waals surface area contributed by atoms with Gasteiger partial charge in [0, 0.05) is 42.6 Å². The molecule has 1 aliphatic heterocycles. The minimum Gasteiger partial charge on any atom is -0.457 e. The minimum atomic E-state index is -4.68. The first kappa shape index (κ1) is 49.9. The molecule has 0 bridgehead atoms. The number of fused-ring (bicyclic) bond motifs is 2. The Labute approximate surface area is 405 Å². The number of aryl methyl sites for hydroxylation is 1. The first-order chi connectivity index (χ1) is 33.8. The fourth-order valence-corrected chi connectivity index (χ4v) is 8.14. The fraction of sp³-hybridized carbons (Fsp3) is 0.216. The first-order valence-corrected chi connectivity index (χ1v) is 22.4. The van der Waals surface area contributed by atoms with E-state index in [0.29, 0.717) is 52.0 Å². The van der Waals surface area contributed by atoms with E-state index in [1.807, 2.05) is 19.1 Å². The number of nitrogens with zero attached hydrogens (tertiary/aromatic N) is 5. The highest BCUT2D eigenvalue weighted by Gasteiger charge is 2.33. The largest absolute Gasteiger partial charge is 0.573 e. The number of amides is 1. The number of pyridine rings is 1. The Balaban J connectivity index is 0.000000194. The Kier molecular flexibility index (Phi) is 14.6. The van der Waals surface area contributed by atoms with Crippen LogP contribution in [-0.2, 0) is 25.3 Å². The van der Waals surface area contributed by atoms with Crippen molar-refractivity contribution in [2.75, 3.05) is 23.3 Å². The summed E-state index contributed by atoms with van der Waals surface area (Å²) in [5.41, 5.74) is 4.13. The predicted molar refractivity (Wildman–Crippen MR) is 250 cm³/mol. The number of hydrogen-bond donors (Lipinski definition) is 2. The predicted octanol–water partition coefficient (Wildman–Crippen LogP) is 14.0. The topological polar surface area (TPSA) is 106 Å². The molecular weight excluding hydrogens is 965 g/mol. The lowest BCUT2D eigenvalue weighted by atomic mass is 9.89. The lowest BCUT2D eigenvalue weighted by molar-refractivity contribution is -0.274. The molecule has 0 atom stereocenters. The van der Waals surface area contributed by atoms with Crippen LogP contribution in [0.15, 0.2) is 140 Å². The number of rotatable bonds is 11. The third-order valence-electron chi connectivity index (χ3n) is 11.5. The second kappa shape index (κ2) is 20.8. The summed E-state index contributed by atoms with van der Waals surface area (Å²) in [6.45, 7) is 4.04. The molecule has 0 aliphatic carbocycles. The number of carbonyl (C=O) groups excluding carboxylic acids is 1. The summed E-state index contributed by atoms with van der Waals surface area (Å²) in [7, 11) is 0. The van der Waals surface area contributed by atoms with Crippen molar-refractivity contribution >= 4 is 51.3 Å². The molecule has 1 saturated heterocycles. The summed E-state index contributed by atoms with van der Waals surface area (Å²) in [6, 6.07) is 31.8. The van der Waals surface area contributed by atoms with Gasteiger partial charge in [-0.3, -0.25) is 9.20 Å². The summed E-state index contributed by atoms with van der Waals surface area (Å²) in [5, 5.41) is 6.95. The normalized spacial score (nSPS) is 13.4. The highest BCUT2D eigenvalue weighted by atomic mass is 35.5. The minimum absolute atomic E-state index is 0.139. The maximum absolute atomic E-state index is 13.0. The first-order valence-electron chi connectivity index (χ1n) is 22.0. The number of alkyl halides is 9. The highest BCUT2D eigenvalue weighted by molar-refractivity contribution is 6.30. The molecule has 8 aromatic rings. The lowest BCUT2D eigenvalue weighted by Crippen LogP contribution is -2.32. The fourth-order valence-electron chi connectivity index (χ4n) is 7.98. The number of aromatic nitrogens is 4. The molecule has 1 fully saturated rings. The number of imidazole rings is 1. The molecule has 368 valence electrons. The third-order valence-corrected chi connectivity index (χ3v) is 11.8. The van der Waals surface area contributed by atoms with Crippen LogP contribution in [0.4, 0.5) is 56.7 Å². The number of hydrogen-bond acceptors (Lipinski definition) is 8. The Hall–Kier alpha value is -7.54. The molecule has 0 radical (unpaired) electrons. The van der Waals surface area contributed by atoms with Crippen LogP contribution < -0.4 is 25.0 Å². The van der Waals surface area contributed by atoms with Gasteiger partial charge in [-0.2, -0.15) is 26.3 Å². The number of carbonyl (C=O) groups is 1. The Morgan fingerprint density at radius 3 is 1.97 bits per heavy atom. The van der Waals surface area contributed by atoms with Gasteiger partial charge in [0.15, 0.2) is 0 Å². The molecule has 4 heterocycles. The van der Waals surface area contributed by atoms with Gasteiger partial charge in [0.2, 0.25) is 0 Å². The van der Waals surface area contributed by atoms with E-state index in [0.717, 1.165) is 79.0 Å². The average molecular weight is 1010 g/mol. The second-order valence-electron chi connectivity index (χ2n) is 16.3. The number of nitrogens with one attached hydrogen (secondary N) is 2. The quantitative estimate of drug-likeness (QED) is 0.123. The zero-order valence-electron chi connectivity index (χ0n) is 37.3. The summed E-state index contributed by atoms with van der Waals surface area (Å²) in [5.74, 6) is 0.830. The maximum Gasteiger partial charge on any atom is 0.573 e. The van der Waals surface area contributed by atoms with Gasteiger partial charge < -0.3 is 25.0 Å². The molecule has 20 heteroatoms. The van der Waals surface area contributed by atoms with E-state index >= 15 is 0 Å². The van der Waals surface area contributed by atoms with E-state index < -0.39 is 29.8 Å². The number of benzene rings is 5. The van der Waals surface area contributed by atoms with E-state index in [-0.39, 0.29) is 28.8 Å². The zero-order valence-corrected chi connectivity index (χ0v) is 38.1. The molecule has 2 N–H and O–H groups in total. The standard InChI is InChI=1S/C29H28ClF3N4O2.C22H13F6N3O/c1-2-25-27(37-18-22(30)7-12-26(37)35-25)28(38)34-17-19-3-8-23(9-4-19)36-15-13-21(14-16-36)20-5-10-24(11-6-20)39-29(31,32)33;23-21(24,25)13-1-6-16(7-2-13)32-17-8-4-15(5-9-17)31-20-18-10-3-14(22(26,27)28)11-19(18)29-12-30-20/h3-12,18,21H,2,13-17H2,1H3,(H,34,38);1-12H,(H,29,30,31). The van der Waals surface area contributed by atoms with Crippen LogP contribution in [0.2, 0.25) is 5.02 Å². The van der Waals surface area contributed by atoms with Crippen LogP contribution in [0.3, 0.4) is 0 Å². The van der Waals surface area contributed by atoms with Crippen LogP contribution in [-0.4, -0.2) is 44.7 Å². The van der Waals surface area contributed by atoms with E-state index in [1.165, 1.54) is 30.3 Å². The van der Waals surface area contributed by atoms with Crippen molar-refractivity contribution < 1.29 is 53.8 Å². The SMILES string of the molecule is CCc1nc2ccc(Cl)cn2c1C(=O)NCc1ccc(N2CCC(c3ccc(OC(F)(F)F)cc3)CC2)cc1.FC(F)(F)c1ccc(Oc2ccc(Nc3ncnc4cc(C(F)(F)F)ccc34)cc2)cc1. The summed E-state index contributed by atoms with van der Waals surface area (Å²) >= 11 is 6.14. The van der Waals surface area contributed by atoms with Crippen molar-refractivity contribution in [2.24, 2.45) is 0 Å². The van der Waals surface area contributed by atoms with Gasteiger partial charge in [-0.15, -0.1) is 13.2 Å². The summed E-state index contributed by atoms with van der Waals surface area (Å²) < 4.78 is 125. The molecule has 1 aliphatic rings. The van der Waals surface area contributed by atoms with E-state index in [2.05, 4.69) is 47.4 Å². The Morgan fingerprint density at radius 1 is 0.732 bits per heavy atom. The molecule has 0 unspecified atom stereocenters. The van der Waals surface area contributed by atoms with Crippen molar-refractivity contribution in [1.29, 1.82) is 0 Å². The number of halogens is 10. The van der Waals surface area contributed by atoms with Gasteiger partial charge in [-0.05, 0) is 139 Å². The van der Waals surface area contributed by atoms with Gasteiger partial charge in [0.05, 0.1) is 27.4 Å². The highest BCUT2D eigenvalue weighted by Crippen LogP contribution is 2.36. The van der Waals surface area contributed by atoms with Crippen LogP contribution in [0.5, 0.6) is 17.2 Å². The molecule has 1 amide bonds. The smallest absolute Gasteiger partial charge is 0.457 e. The van der Waals surface area contributed by atoms with E-state index in [4.69, 9.17) is 16.3 Å². The van der Waals surface area contributed by atoms with Crippen LogP contribution in [0.1, 0.15) is 64.1 Å². The van der Waals surface area contributed by atoms with Crippen LogP contribution >= 0.6 is 11.6 Å². The van der Waals surface area contributed by atoms with Gasteiger partial charge in [0.1, 0.15) is 40.7 Å². The summed E-state index contributed by atoms with van der Waals surface area (Å²) in [4.78, 5) is 27.9. The average Bonchev–Trinajstić information content (AvgIpc) is 3.71. The van der Waals surface area contributed by atoms with Crippen molar-refractivity contribution in [3.05, 3.63) is 179 Å². The molecule has 5 aromatic carbocycles. The van der Waals surface area contributed by atoms with Crippen LogP contribution in [0.25, 0.3) is 16.6 Å². The number of piperidine rings is 1. The van der Waals surface area contributed by atoms with Gasteiger partial charge in [-0.1, -0.05) is 42.8 Å². The molecule has 10 nitrogen and oxygen atoms in total. The van der Waals surface area contributed by atoms with E-state index in [9.17, 15) is 44.3 Å². The molecule has 0 spiro atoms. The van der Waals surface area contributed by atoms with Crippen LogP contribution in [0, 0.1) is 0 Å². The zero-order chi connectivity index (χ0) is 50.5. The van der Waals surface area contributed by atoms with Crippen molar-refractivity contribution in [3.63, 3.8) is 0 Å². The number of ether oxygens (including phenoxy) is 2. The van der Waals surface area contributed by atoms with Gasteiger partial charge >= 0.3 is 18.7 Å². The summed E-state index contributed by atoms with van der Waals surface area (Å²) in [6.07, 6.45) is -8.29. The monoisotopic (exact) mass is 1010 g/mol. The third kappa shape index (κ3) is 12.6. The van der Waals surface area contributed by atoms with Crippen molar-refractivity contribution in [1.82, 2.24) is 24.7 Å². The molecule has 71 heavy (non-hydrogen) atoms. The molecular formula is C51H41ClF9N7O3. The second-order valence-corrected chi connectivity index (χ2v) is 16.7. The maximum atomic E-state index is 13.0. The van der Waals surface area contributed by atoms with Crippen molar-refractivity contribution in [2.45, 2.75) is 57.4 Å². The van der Waals surface area contributed by atoms with Crippen molar-refractivity contribution in [3.8, 4) is 17.2 Å². The lowest BCUT2D eigenvalue weighted by Gasteiger charge is -2.34. The van der Waals surface area contributed by atoms with Gasteiger partial charge in [-0.25, -0.2) is 15.0 Å².